The molecule has 0 aliphatic rings. The van der Waals surface area contributed by atoms with Crippen molar-refractivity contribution in [3.05, 3.63) is 108 Å². The van der Waals surface area contributed by atoms with Gasteiger partial charge in [-0.1, -0.05) is 80.8 Å². The standard InChI is InChI=1S/C36H27BN2O/c1-36(2,3)22-15-17-24-29(19-22)23-9-4-5-10-25(23)33(37)32(24)31-21(20-38)14-16-27-26-11-8-12-28(34(26)40-35(27)31)30-13-6-7-18-39-30/h4-19H,37H2,1-3H3. The number of pyridine rings is 1. The summed E-state index contributed by atoms with van der Waals surface area (Å²) in [6.07, 6.45) is 1.80. The zero-order valence-electron chi connectivity index (χ0n) is 23.0. The number of fused-ring (bicyclic) bond motifs is 6. The highest BCUT2D eigenvalue weighted by Crippen LogP contribution is 2.44. The molecule has 0 amide bonds. The molecule has 0 atom stereocenters. The van der Waals surface area contributed by atoms with Crippen molar-refractivity contribution >= 4 is 56.8 Å². The van der Waals surface area contributed by atoms with Gasteiger partial charge in [-0.2, -0.15) is 5.26 Å². The molecule has 3 nitrogen and oxygen atoms in total. The van der Waals surface area contributed by atoms with Crippen LogP contribution >= 0.6 is 0 Å². The Balaban J connectivity index is 1.65. The van der Waals surface area contributed by atoms with Crippen LogP contribution in [0, 0.1) is 11.3 Å². The molecule has 7 rings (SSSR count). The van der Waals surface area contributed by atoms with Crippen LogP contribution in [0.15, 0.2) is 102 Å². The average Bonchev–Trinajstić information content (AvgIpc) is 3.36. The van der Waals surface area contributed by atoms with E-state index in [4.69, 9.17) is 4.42 Å². The molecule has 7 aromatic rings. The van der Waals surface area contributed by atoms with E-state index < -0.39 is 0 Å². The van der Waals surface area contributed by atoms with E-state index in [1.54, 1.807) is 6.20 Å². The molecule has 0 radical (unpaired) electrons. The van der Waals surface area contributed by atoms with E-state index in [0.29, 0.717) is 5.56 Å². The first-order valence-electron chi connectivity index (χ1n) is 13.6. The summed E-state index contributed by atoms with van der Waals surface area (Å²) in [5, 5.41) is 17.1. The molecule has 0 saturated carbocycles. The van der Waals surface area contributed by atoms with E-state index in [-0.39, 0.29) is 5.41 Å². The second-order valence-electron chi connectivity index (χ2n) is 11.5. The van der Waals surface area contributed by atoms with E-state index in [0.717, 1.165) is 55.2 Å². The Morgan fingerprint density at radius 2 is 1.43 bits per heavy atom. The topological polar surface area (TPSA) is 49.8 Å². The molecule has 0 unspecified atom stereocenters. The fraction of sp³-hybridized carbons (Fsp3) is 0.111. The van der Waals surface area contributed by atoms with Gasteiger partial charge in [-0.3, -0.25) is 4.98 Å². The molecule has 0 spiro atoms. The van der Waals surface area contributed by atoms with Gasteiger partial charge in [0.15, 0.2) is 0 Å². The number of rotatable bonds is 2. The lowest BCUT2D eigenvalue weighted by Crippen LogP contribution is -2.13. The minimum atomic E-state index is 0.0127. The highest BCUT2D eigenvalue weighted by atomic mass is 16.3. The molecule has 0 aliphatic carbocycles. The van der Waals surface area contributed by atoms with Gasteiger partial charge in [0.05, 0.1) is 17.3 Å². The minimum Gasteiger partial charge on any atom is -0.455 e. The number of para-hydroxylation sites is 1. The number of aromatic nitrogens is 1. The lowest BCUT2D eigenvalue weighted by atomic mass is 9.77. The SMILES string of the molecule is Bc1c(-c2c(C#N)ccc3c2oc2c(-c4ccccn4)cccc23)c2ccc(C(C)(C)C)cc2c2ccccc12. The van der Waals surface area contributed by atoms with Crippen LogP contribution in [0.5, 0.6) is 0 Å². The second-order valence-corrected chi connectivity index (χ2v) is 11.5. The van der Waals surface area contributed by atoms with E-state index >= 15 is 0 Å². The van der Waals surface area contributed by atoms with Crippen LogP contribution < -0.4 is 5.46 Å². The van der Waals surface area contributed by atoms with Crippen molar-refractivity contribution in [3.63, 3.8) is 0 Å². The van der Waals surface area contributed by atoms with Crippen molar-refractivity contribution in [1.29, 1.82) is 5.26 Å². The first kappa shape index (κ1) is 24.2. The molecule has 190 valence electrons. The van der Waals surface area contributed by atoms with Crippen LogP contribution in [0.3, 0.4) is 0 Å². The van der Waals surface area contributed by atoms with Crippen molar-refractivity contribution < 1.29 is 4.42 Å². The molecule has 0 saturated heterocycles. The molecule has 0 N–H and O–H groups in total. The van der Waals surface area contributed by atoms with E-state index in [2.05, 4.69) is 88.2 Å². The van der Waals surface area contributed by atoms with Gasteiger partial charge in [0.1, 0.15) is 19.0 Å². The smallest absolute Gasteiger partial charge is 0.144 e. The second kappa shape index (κ2) is 8.83. The third kappa shape index (κ3) is 3.55. The number of nitriles is 1. The highest BCUT2D eigenvalue weighted by molar-refractivity contribution is 6.46. The highest BCUT2D eigenvalue weighted by Gasteiger charge is 2.24. The molecule has 2 aromatic heterocycles. The van der Waals surface area contributed by atoms with Gasteiger partial charge in [0, 0.05) is 28.1 Å². The fourth-order valence-corrected chi connectivity index (χ4v) is 6.08. The van der Waals surface area contributed by atoms with Gasteiger partial charge < -0.3 is 4.42 Å². The maximum absolute atomic E-state index is 10.4. The molecule has 0 fully saturated rings. The molecule has 0 aliphatic heterocycles. The minimum absolute atomic E-state index is 0.0127. The van der Waals surface area contributed by atoms with Crippen molar-refractivity contribution in [2.24, 2.45) is 0 Å². The van der Waals surface area contributed by atoms with Crippen LogP contribution in [0.1, 0.15) is 31.9 Å². The Kier molecular flexibility index (Phi) is 5.34. The average molecular weight is 514 g/mol. The first-order valence-corrected chi connectivity index (χ1v) is 13.6. The van der Waals surface area contributed by atoms with Gasteiger partial charge in [0.2, 0.25) is 0 Å². The van der Waals surface area contributed by atoms with Crippen LogP contribution in [0.25, 0.3) is 65.9 Å². The molecule has 5 aromatic carbocycles. The van der Waals surface area contributed by atoms with Gasteiger partial charge in [-0.25, -0.2) is 0 Å². The third-order valence-electron chi connectivity index (χ3n) is 8.13. The van der Waals surface area contributed by atoms with E-state index in [1.807, 2.05) is 42.5 Å². The molecule has 4 heteroatoms. The summed E-state index contributed by atoms with van der Waals surface area (Å²) in [5.41, 5.74) is 8.24. The summed E-state index contributed by atoms with van der Waals surface area (Å²) in [6, 6.07) is 33.9. The van der Waals surface area contributed by atoms with E-state index in [9.17, 15) is 5.26 Å². The van der Waals surface area contributed by atoms with Crippen molar-refractivity contribution in [2.75, 3.05) is 0 Å². The zero-order chi connectivity index (χ0) is 27.6. The number of hydrogen-bond donors (Lipinski definition) is 0. The maximum Gasteiger partial charge on any atom is 0.144 e. The largest absolute Gasteiger partial charge is 0.455 e. The maximum atomic E-state index is 10.4. The van der Waals surface area contributed by atoms with Crippen LogP contribution in [-0.4, -0.2) is 12.8 Å². The Morgan fingerprint density at radius 3 is 2.17 bits per heavy atom. The van der Waals surface area contributed by atoms with Gasteiger partial charge in [-0.15, -0.1) is 0 Å². The summed E-state index contributed by atoms with van der Waals surface area (Å²) in [7, 11) is 2.16. The molecule has 40 heavy (non-hydrogen) atoms. The van der Waals surface area contributed by atoms with Crippen LogP contribution in [0.4, 0.5) is 0 Å². The van der Waals surface area contributed by atoms with Crippen LogP contribution in [-0.2, 0) is 5.41 Å². The van der Waals surface area contributed by atoms with Crippen molar-refractivity contribution in [2.45, 2.75) is 26.2 Å². The first-order chi connectivity index (χ1) is 19.4. The summed E-state index contributed by atoms with van der Waals surface area (Å²) in [6.45, 7) is 6.73. The molecule has 2 heterocycles. The van der Waals surface area contributed by atoms with Gasteiger partial charge in [0.25, 0.3) is 0 Å². The Hall–Kier alpha value is -4.88. The van der Waals surface area contributed by atoms with Gasteiger partial charge in [-0.05, 0) is 74.5 Å². The molecule has 0 bridgehead atoms. The molecular weight excluding hydrogens is 487 g/mol. The number of nitrogens with zero attached hydrogens (tertiary/aromatic N) is 2. The lowest BCUT2D eigenvalue weighted by Gasteiger charge is -2.22. The monoisotopic (exact) mass is 514 g/mol. The summed E-state index contributed by atoms with van der Waals surface area (Å²) >= 11 is 0. The Morgan fingerprint density at radius 1 is 0.700 bits per heavy atom. The lowest BCUT2D eigenvalue weighted by molar-refractivity contribution is 0.591. The Labute approximate surface area is 234 Å². The normalized spacial score (nSPS) is 11.9. The zero-order valence-corrected chi connectivity index (χ0v) is 23.0. The Bertz CT molecular complexity index is 2160. The predicted octanol–water partition coefficient (Wildman–Crippen LogP) is 8.05. The molecular formula is C36H27BN2O. The summed E-state index contributed by atoms with van der Waals surface area (Å²) in [4.78, 5) is 4.59. The number of furan rings is 1. The van der Waals surface area contributed by atoms with Crippen molar-refractivity contribution in [3.8, 4) is 28.5 Å². The number of benzene rings is 5. The fourth-order valence-electron chi connectivity index (χ4n) is 6.08. The number of hydrogen-bond acceptors (Lipinski definition) is 3. The van der Waals surface area contributed by atoms with Crippen molar-refractivity contribution in [1.82, 2.24) is 4.98 Å². The van der Waals surface area contributed by atoms with E-state index in [1.165, 1.54) is 21.7 Å². The third-order valence-corrected chi connectivity index (χ3v) is 8.13. The van der Waals surface area contributed by atoms with Crippen LogP contribution in [0.2, 0.25) is 0 Å². The summed E-state index contributed by atoms with van der Waals surface area (Å²) < 4.78 is 6.77. The quantitative estimate of drug-likeness (QED) is 0.173. The summed E-state index contributed by atoms with van der Waals surface area (Å²) in [5.74, 6) is 0. The predicted molar refractivity (Wildman–Crippen MR) is 169 cm³/mol. The van der Waals surface area contributed by atoms with Gasteiger partial charge >= 0.3 is 0 Å².